The Bertz CT molecular complexity index is 955. The zero-order valence-electron chi connectivity index (χ0n) is 12.8. The van der Waals surface area contributed by atoms with Gasteiger partial charge in [-0.15, -0.1) is 10.2 Å². The molecule has 0 radical (unpaired) electrons. The number of carbonyl (C=O) groups excluding carboxylic acids is 1. The van der Waals surface area contributed by atoms with Crippen molar-refractivity contribution in [1.82, 2.24) is 20.2 Å². The van der Waals surface area contributed by atoms with Crippen LogP contribution in [0, 0.1) is 0 Å². The van der Waals surface area contributed by atoms with Crippen LogP contribution in [-0.2, 0) is 4.79 Å². The number of anilines is 1. The number of benzene rings is 1. The second kappa shape index (κ2) is 5.82. The zero-order valence-corrected chi connectivity index (χ0v) is 13.6. The largest absolute Gasteiger partial charge is 0.416 e. The number of thioether (sulfide) groups is 1. The van der Waals surface area contributed by atoms with Crippen LogP contribution in [0.1, 0.15) is 31.6 Å². The first-order chi connectivity index (χ1) is 11.6. The molecule has 1 fully saturated rings. The maximum atomic E-state index is 12.3. The number of amides is 1. The molecule has 2 aromatic heterocycles. The lowest BCUT2D eigenvalue weighted by molar-refractivity contribution is -0.115. The minimum Gasteiger partial charge on any atom is -0.416 e. The minimum absolute atomic E-state index is 0.177. The molecule has 124 valence electrons. The molecule has 9 heteroatoms. The molecule has 1 saturated carbocycles. The molecule has 8 nitrogen and oxygen atoms in total. The number of fused-ring (bicyclic) bond motifs is 1. The van der Waals surface area contributed by atoms with Gasteiger partial charge in [0.1, 0.15) is 0 Å². The quantitative estimate of drug-likeness (QED) is 0.611. The fraction of sp³-hybridized carbons (Fsp3) is 0.333. The van der Waals surface area contributed by atoms with Gasteiger partial charge in [0.15, 0.2) is 0 Å². The van der Waals surface area contributed by atoms with Gasteiger partial charge in [-0.05, 0) is 38.0 Å². The van der Waals surface area contributed by atoms with Gasteiger partial charge in [-0.2, -0.15) is 0 Å². The van der Waals surface area contributed by atoms with Crippen LogP contribution in [0.5, 0.6) is 0 Å². The van der Waals surface area contributed by atoms with Crippen LogP contribution in [0.3, 0.4) is 0 Å². The molecule has 0 bridgehead atoms. The number of hydrogen-bond acceptors (Lipinski definition) is 6. The van der Waals surface area contributed by atoms with Crippen LogP contribution in [0.25, 0.3) is 11.0 Å². The summed E-state index contributed by atoms with van der Waals surface area (Å²) in [7, 11) is 0. The lowest BCUT2D eigenvalue weighted by Crippen LogP contribution is -2.22. The van der Waals surface area contributed by atoms with Crippen molar-refractivity contribution in [2.24, 2.45) is 0 Å². The average molecular weight is 345 g/mol. The van der Waals surface area contributed by atoms with Gasteiger partial charge in [0, 0.05) is 11.6 Å². The maximum absolute atomic E-state index is 12.3. The zero-order chi connectivity index (χ0) is 16.7. The molecule has 1 aliphatic carbocycles. The Morgan fingerprint density at radius 3 is 2.92 bits per heavy atom. The van der Waals surface area contributed by atoms with E-state index in [0.29, 0.717) is 33.8 Å². The van der Waals surface area contributed by atoms with Gasteiger partial charge in [-0.1, -0.05) is 11.8 Å². The molecule has 0 saturated heterocycles. The van der Waals surface area contributed by atoms with Gasteiger partial charge in [-0.25, -0.2) is 4.79 Å². The SMILES string of the molecule is C[C@H](Sc1nnc(C2CC2)o1)C(=O)Nc1ccc2[nH]c(=O)[nH]c2c1. The molecule has 2 heterocycles. The summed E-state index contributed by atoms with van der Waals surface area (Å²) in [6.45, 7) is 1.78. The second-order valence-corrected chi connectivity index (χ2v) is 7.06. The van der Waals surface area contributed by atoms with Gasteiger partial charge in [0.05, 0.1) is 16.3 Å². The van der Waals surface area contributed by atoms with Crippen molar-refractivity contribution in [3.8, 4) is 0 Å². The number of rotatable bonds is 5. The summed E-state index contributed by atoms with van der Waals surface area (Å²) in [5, 5.41) is 10.8. The Labute approximate surface area is 140 Å². The molecule has 24 heavy (non-hydrogen) atoms. The monoisotopic (exact) mass is 345 g/mol. The van der Waals surface area contributed by atoms with E-state index in [1.165, 1.54) is 11.8 Å². The van der Waals surface area contributed by atoms with Crippen molar-refractivity contribution >= 4 is 34.4 Å². The summed E-state index contributed by atoms with van der Waals surface area (Å²) in [6, 6.07) is 5.18. The summed E-state index contributed by atoms with van der Waals surface area (Å²) in [4.78, 5) is 28.9. The third kappa shape index (κ3) is 3.07. The Morgan fingerprint density at radius 1 is 1.33 bits per heavy atom. The summed E-state index contributed by atoms with van der Waals surface area (Å²) < 4.78 is 5.56. The van der Waals surface area contributed by atoms with E-state index in [4.69, 9.17) is 4.42 Å². The van der Waals surface area contributed by atoms with E-state index >= 15 is 0 Å². The molecule has 0 spiro atoms. The van der Waals surface area contributed by atoms with Gasteiger partial charge in [-0.3, -0.25) is 4.79 Å². The Hall–Kier alpha value is -2.55. The normalized spacial score (nSPS) is 15.5. The Balaban J connectivity index is 1.42. The Kier molecular flexibility index (Phi) is 3.64. The van der Waals surface area contributed by atoms with Crippen molar-refractivity contribution in [1.29, 1.82) is 0 Å². The van der Waals surface area contributed by atoms with Crippen LogP contribution in [0.15, 0.2) is 32.6 Å². The number of nitrogens with zero attached hydrogens (tertiary/aromatic N) is 2. The van der Waals surface area contributed by atoms with Crippen LogP contribution in [-0.4, -0.2) is 31.3 Å². The molecule has 1 aromatic carbocycles. The van der Waals surface area contributed by atoms with Crippen LogP contribution < -0.4 is 11.0 Å². The van der Waals surface area contributed by atoms with E-state index in [2.05, 4.69) is 25.5 Å². The van der Waals surface area contributed by atoms with Crippen LogP contribution >= 0.6 is 11.8 Å². The first kappa shape index (κ1) is 15.0. The van der Waals surface area contributed by atoms with Crippen molar-refractivity contribution in [2.45, 2.75) is 36.2 Å². The summed E-state index contributed by atoms with van der Waals surface area (Å²) in [5.41, 5.74) is 1.67. The molecule has 1 aliphatic rings. The molecule has 3 N–H and O–H groups in total. The standard InChI is InChI=1S/C15H15N5O3S/c1-7(24-15-20-19-13(23-15)8-2-3-8)12(21)16-9-4-5-10-11(6-9)18-14(22)17-10/h4-8H,2-3H2,1H3,(H,16,21)(H2,17,18,22)/t7-/m0/s1. The molecule has 0 unspecified atom stereocenters. The number of carbonyl (C=O) groups is 1. The van der Waals surface area contributed by atoms with Crippen molar-refractivity contribution < 1.29 is 9.21 Å². The molecule has 4 rings (SSSR count). The maximum Gasteiger partial charge on any atom is 0.323 e. The van der Waals surface area contributed by atoms with E-state index in [0.717, 1.165) is 12.8 Å². The van der Waals surface area contributed by atoms with Gasteiger partial charge in [0.25, 0.3) is 5.22 Å². The van der Waals surface area contributed by atoms with E-state index < -0.39 is 5.25 Å². The van der Waals surface area contributed by atoms with E-state index in [1.807, 2.05) is 0 Å². The fourth-order valence-electron chi connectivity index (χ4n) is 2.32. The van der Waals surface area contributed by atoms with Gasteiger partial charge < -0.3 is 19.7 Å². The van der Waals surface area contributed by atoms with Gasteiger partial charge in [0.2, 0.25) is 11.8 Å². The highest BCUT2D eigenvalue weighted by Crippen LogP contribution is 2.40. The van der Waals surface area contributed by atoms with Gasteiger partial charge >= 0.3 is 5.69 Å². The molecular weight excluding hydrogens is 330 g/mol. The van der Waals surface area contributed by atoms with E-state index in [-0.39, 0.29) is 11.6 Å². The lowest BCUT2D eigenvalue weighted by Gasteiger charge is -2.09. The number of aromatic nitrogens is 4. The smallest absolute Gasteiger partial charge is 0.323 e. The van der Waals surface area contributed by atoms with Crippen molar-refractivity contribution in [3.05, 3.63) is 34.6 Å². The average Bonchev–Trinajstić information content (AvgIpc) is 3.18. The van der Waals surface area contributed by atoms with Crippen molar-refractivity contribution in [2.75, 3.05) is 5.32 Å². The molecule has 0 aliphatic heterocycles. The number of imidazole rings is 1. The van der Waals surface area contributed by atoms with E-state index in [1.54, 1.807) is 25.1 Å². The predicted octanol–water partition coefficient (Wildman–Crippen LogP) is 2.24. The molecule has 1 amide bonds. The second-order valence-electron chi connectivity index (χ2n) is 5.77. The fourth-order valence-corrected chi connectivity index (χ4v) is 3.01. The summed E-state index contributed by atoms with van der Waals surface area (Å²) in [5.74, 6) is 0.876. The number of hydrogen-bond donors (Lipinski definition) is 3. The topological polar surface area (TPSA) is 117 Å². The molecule has 1 atom stereocenters. The first-order valence-electron chi connectivity index (χ1n) is 7.61. The highest BCUT2D eigenvalue weighted by atomic mass is 32.2. The minimum atomic E-state index is -0.390. The highest BCUT2D eigenvalue weighted by molar-refractivity contribution is 8.00. The lowest BCUT2D eigenvalue weighted by atomic mass is 10.2. The third-order valence-electron chi connectivity index (χ3n) is 3.78. The Morgan fingerprint density at radius 2 is 2.12 bits per heavy atom. The van der Waals surface area contributed by atoms with Crippen LogP contribution in [0.4, 0.5) is 5.69 Å². The molecule has 3 aromatic rings. The molecular formula is C15H15N5O3S. The van der Waals surface area contributed by atoms with Crippen molar-refractivity contribution in [3.63, 3.8) is 0 Å². The predicted molar refractivity (Wildman–Crippen MR) is 89.1 cm³/mol. The number of H-pyrrole nitrogens is 2. The number of nitrogens with one attached hydrogen (secondary N) is 3. The third-order valence-corrected chi connectivity index (χ3v) is 4.71. The highest BCUT2D eigenvalue weighted by Gasteiger charge is 2.30. The van der Waals surface area contributed by atoms with Crippen LogP contribution in [0.2, 0.25) is 0 Å². The summed E-state index contributed by atoms with van der Waals surface area (Å²) in [6.07, 6.45) is 2.18. The first-order valence-corrected chi connectivity index (χ1v) is 8.49. The van der Waals surface area contributed by atoms with E-state index in [9.17, 15) is 9.59 Å². The summed E-state index contributed by atoms with van der Waals surface area (Å²) >= 11 is 1.23. The number of aromatic amines is 2.